The van der Waals surface area contributed by atoms with Gasteiger partial charge in [-0.3, -0.25) is 4.79 Å². The van der Waals surface area contributed by atoms with Crippen molar-refractivity contribution in [3.8, 4) is 0 Å². The van der Waals surface area contributed by atoms with E-state index in [2.05, 4.69) is 22.4 Å². The Bertz CT molecular complexity index is 512. The first-order chi connectivity index (χ1) is 10.0. The first-order valence-corrected chi connectivity index (χ1v) is 7.22. The molecule has 1 aromatic rings. The van der Waals surface area contributed by atoms with Crippen molar-refractivity contribution in [2.24, 2.45) is 5.41 Å². The van der Waals surface area contributed by atoms with Gasteiger partial charge in [-0.15, -0.1) is 5.10 Å². The van der Waals surface area contributed by atoms with Gasteiger partial charge in [0.15, 0.2) is 0 Å². The Morgan fingerprint density at radius 2 is 2.19 bits per heavy atom. The van der Waals surface area contributed by atoms with Gasteiger partial charge in [0.25, 0.3) is 0 Å². The van der Waals surface area contributed by atoms with E-state index in [1.165, 1.54) is 11.0 Å². The highest BCUT2D eigenvalue weighted by Crippen LogP contribution is 2.57. The summed E-state index contributed by atoms with van der Waals surface area (Å²) in [4.78, 5) is 14.0. The second-order valence-electron chi connectivity index (χ2n) is 6.20. The van der Waals surface area contributed by atoms with Crippen molar-refractivity contribution in [1.29, 1.82) is 0 Å². The SMILES string of the molecule is CO[C@@]1(C)C[C@@H](O)C12CCN(C(=O)Cn1cnnn1)CC2. The number of aliphatic hydroxyl groups is 1. The molecule has 8 heteroatoms. The van der Waals surface area contributed by atoms with Gasteiger partial charge in [-0.25, -0.2) is 4.68 Å². The number of rotatable bonds is 3. The molecule has 1 saturated heterocycles. The van der Waals surface area contributed by atoms with Gasteiger partial charge in [-0.1, -0.05) is 0 Å². The van der Waals surface area contributed by atoms with E-state index in [0.29, 0.717) is 19.5 Å². The molecule has 116 valence electrons. The first kappa shape index (κ1) is 14.4. The average Bonchev–Trinajstić information content (AvgIpc) is 3.00. The van der Waals surface area contributed by atoms with Crippen LogP contribution in [0.5, 0.6) is 0 Å². The molecular weight excluding hydrogens is 274 g/mol. The Morgan fingerprint density at radius 3 is 2.71 bits per heavy atom. The molecule has 1 N–H and O–H groups in total. The lowest BCUT2D eigenvalue weighted by molar-refractivity contribution is -0.261. The predicted octanol–water partition coefficient (Wildman–Crippen LogP) is -0.548. The Morgan fingerprint density at radius 1 is 1.48 bits per heavy atom. The largest absolute Gasteiger partial charge is 0.392 e. The Labute approximate surface area is 123 Å². The molecule has 2 aliphatic rings. The molecule has 3 rings (SSSR count). The summed E-state index contributed by atoms with van der Waals surface area (Å²) in [6, 6.07) is 0. The van der Waals surface area contributed by atoms with E-state index in [-0.39, 0.29) is 29.6 Å². The lowest BCUT2D eigenvalue weighted by atomic mass is 9.51. The Kier molecular flexibility index (Phi) is 3.45. The second kappa shape index (κ2) is 5.03. The van der Waals surface area contributed by atoms with Crippen molar-refractivity contribution < 1.29 is 14.6 Å². The molecule has 1 aromatic heterocycles. The molecule has 2 fully saturated rings. The molecule has 1 amide bonds. The third kappa shape index (κ3) is 2.13. The summed E-state index contributed by atoms with van der Waals surface area (Å²) >= 11 is 0. The molecule has 0 bridgehead atoms. The van der Waals surface area contributed by atoms with Crippen LogP contribution in [0.15, 0.2) is 6.33 Å². The predicted molar refractivity (Wildman–Crippen MR) is 72.1 cm³/mol. The smallest absolute Gasteiger partial charge is 0.244 e. The Balaban J connectivity index is 1.61. The fraction of sp³-hybridized carbons (Fsp3) is 0.846. The molecule has 1 aliphatic heterocycles. The van der Waals surface area contributed by atoms with Crippen LogP contribution in [0.1, 0.15) is 26.2 Å². The number of hydrogen-bond donors (Lipinski definition) is 1. The van der Waals surface area contributed by atoms with Gasteiger partial charge in [0.1, 0.15) is 12.9 Å². The zero-order valence-corrected chi connectivity index (χ0v) is 12.4. The van der Waals surface area contributed by atoms with Crippen LogP contribution >= 0.6 is 0 Å². The van der Waals surface area contributed by atoms with E-state index in [1.807, 2.05) is 4.90 Å². The van der Waals surface area contributed by atoms with Gasteiger partial charge in [-0.05, 0) is 30.2 Å². The third-order valence-corrected chi connectivity index (χ3v) is 5.42. The van der Waals surface area contributed by atoms with E-state index < -0.39 is 0 Å². The summed E-state index contributed by atoms with van der Waals surface area (Å²) < 4.78 is 7.05. The molecule has 21 heavy (non-hydrogen) atoms. The van der Waals surface area contributed by atoms with Crippen LogP contribution in [-0.2, 0) is 16.1 Å². The van der Waals surface area contributed by atoms with Crippen molar-refractivity contribution in [1.82, 2.24) is 25.1 Å². The van der Waals surface area contributed by atoms with Crippen LogP contribution in [0.2, 0.25) is 0 Å². The Hall–Kier alpha value is -1.54. The van der Waals surface area contributed by atoms with Crippen LogP contribution in [0.4, 0.5) is 0 Å². The second-order valence-corrected chi connectivity index (χ2v) is 6.20. The number of nitrogens with zero attached hydrogens (tertiary/aromatic N) is 5. The monoisotopic (exact) mass is 295 g/mol. The number of piperidine rings is 1. The van der Waals surface area contributed by atoms with Gasteiger partial charge in [0.05, 0.1) is 11.7 Å². The fourth-order valence-corrected chi connectivity index (χ4v) is 3.78. The maximum Gasteiger partial charge on any atom is 0.244 e. The highest BCUT2D eigenvalue weighted by atomic mass is 16.5. The third-order valence-electron chi connectivity index (χ3n) is 5.42. The van der Waals surface area contributed by atoms with Crippen LogP contribution < -0.4 is 0 Å². The molecule has 1 saturated carbocycles. The minimum Gasteiger partial charge on any atom is -0.392 e. The maximum absolute atomic E-state index is 12.2. The minimum absolute atomic E-state index is 0.00471. The zero-order valence-electron chi connectivity index (χ0n) is 12.4. The first-order valence-electron chi connectivity index (χ1n) is 7.22. The quantitative estimate of drug-likeness (QED) is 0.804. The van der Waals surface area contributed by atoms with Gasteiger partial charge >= 0.3 is 0 Å². The molecule has 2 atom stereocenters. The summed E-state index contributed by atoms with van der Waals surface area (Å²) in [6.45, 7) is 3.48. The van der Waals surface area contributed by atoms with E-state index in [4.69, 9.17) is 4.74 Å². The van der Waals surface area contributed by atoms with Crippen LogP contribution in [0.25, 0.3) is 0 Å². The lowest BCUT2D eigenvalue weighted by Gasteiger charge is -2.62. The number of aliphatic hydroxyl groups excluding tert-OH is 1. The number of tetrazole rings is 1. The molecule has 0 aromatic carbocycles. The number of carbonyl (C=O) groups is 1. The molecule has 0 radical (unpaired) electrons. The van der Waals surface area contributed by atoms with Gasteiger partial charge in [0.2, 0.25) is 5.91 Å². The number of aromatic nitrogens is 4. The van der Waals surface area contributed by atoms with Crippen molar-refractivity contribution in [3.05, 3.63) is 6.33 Å². The molecule has 8 nitrogen and oxygen atoms in total. The normalized spacial score (nSPS) is 31.2. The van der Waals surface area contributed by atoms with Crippen molar-refractivity contribution >= 4 is 5.91 Å². The fourth-order valence-electron chi connectivity index (χ4n) is 3.78. The lowest BCUT2D eigenvalue weighted by Crippen LogP contribution is -2.69. The topological polar surface area (TPSA) is 93.4 Å². The standard InChI is InChI=1S/C13H21N5O3/c1-12(21-2)7-10(19)13(12)3-5-17(6-4-13)11(20)8-18-9-14-15-16-18/h9-10,19H,3-8H2,1-2H3/t10-,12+/m1/s1. The van der Waals surface area contributed by atoms with Crippen molar-refractivity contribution in [3.63, 3.8) is 0 Å². The molecule has 2 heterocycles. The van der Waals surface area contributed by atoms with Gasteiger partial charge in [-0.2, -0.15) is 0 Å². The van der Waals surface area contributed by atoms with Crippen molar-refractivity contribution in [2.45, 2.75) is 44.4 Å². The maximum atomic E-state index is 12.2. The van der Waals surface area contributed by atoms with E-state index in [0.717, 1.165) is 12.8 Å². The van der Waals surface area contributed by atoms with Gasteiger partial charge < -0.3 is 14.7 Å². The highest BCUT2D eigenvalue weighted by Gasteiger charge is 2.63. The van der Waals surface area contributed by atoms with E-state index in [9.17, 15) is 9.90 Å². The van der Waals surface area contributed by atoms with E-state index >= 15 is 0 Å². The molecule has 1 spiro atoms. The number of likely N-dealkylation sites (tertiary alicyclic amines) is 1. The van der Waals surface area contributed by atoms with Crippen LogP contribution in [0, 0.1) is 5.41 Å². The number of amides is 1. The summed E-state index contributed by atoms with van der Waals surface area (Å²) in [7, 11) is 1.70. The molecular formula is C13H21N5O3. The highest BCUT2D eigenvalue weighted by molar-refractivity contribution is 5.76. The van der Waals surface area contributed by atoms with Crippen LogP contribution in [0.3, 0.4) is 0 Å². The summed E-state index contributed by atoms with van der Waals surface area (Å²) in [5, 5.41) is 20.9. The summed E-state index contributed by atoms with van der Waals surface area (Å²) in [5.41, 5.74) is -0.495. The zero-order chi connectivity index (χ0) is 15.1. The van der Waals surface area contributed by atoms with Crippen molar-refractivity contribution in [2.75, 3.05) is 20.2 Å². The molecule has 1 aliphatic carbocycles. The van der Waals surface area contributed by atoms with E-state index in [1.54, 1.807) is 7.11 Å². The summed E-state index contributed by atoms with van der Waals surface area (Å²) in [6.07, 6.45) is 3.29. The number of carbonyl (C=O) groups excluding carboxylic acids is 1. The average molecular weight is 295 g/mol. The van der Waals surface area contributed by atoms with Gasteiger partial charge in [0, 0.05) is 32.0 Å². The number of ether oxygens (including phenoxy) is 1. The van der Waals surface area contributed by atoms with Crippen LogP contribution in [-0.4, -0.2) is 68.0 Å². The molecule has 0 unspecified atom stereocenters. The number of hydrogen-bond acceptors (Lipinski definition) is 6. The minimum atomic E-state index is -0.334. The number of methoxy groups -OCH3 is 1. The summed E-state index contributed by atoms with van der Waals surface area (Å²) in [5.74, 6) is 0.00471.